The largest absolute Gasteiger partial charge is 0.467 e. The lowest BCUT2D eigenvalue weighted by atomic mass is 9.96. The summed E-state index contributed by atoms with van der Waals surface area (Å²) in [5, 5.41) is 5.13. The number of hydrogen-bond donors (Lipinski definition) is 1. The van der Waals surface area contributed by atoms with E-state index in [1.807, 2.05) is 20.0 Å². The maximum Gasteiger partial charge on any atom is 0.246 e. The summed E-state index contributed by atoms with van der Waals surface area (Å²) >= 11 is 1.59. The van der Waals surface area contributed by atoms with Gasteiger partial charge in [-0.05, 0) is 44.7 Å². The van der Waals surface area contributed by atoms with E-state index in [-0.39, 0.29) is 5.91 Å². The second-order valence-corrected chi connectivity index (χ2v) is 9.74. The van der Waals surface area contributed by atoms with Crippen molar-refractivity contribution in [3.63, 3.8) is 0 Å². The normalized spacial score (nSPS) is 17.6. The first-order chi connectivity index (χ1) is 14.4. The molecule has 2 fully saturated rings. The molecular formula is C22H25N5O2S. The first-order valence-electron chi connectivity index (χ1n) is 10.2. The highest BCUT2D eigenvalue weighted by Gasteiger charge is 2.43. The molecule has 8 heteroatoms. The fourth-order valence-corrected chi connectivity index (χ4v) is 4.57. The molecule has 1 aliphatic carbocycles. The number of carbonyl (C=O) groups is 1. The Bertz CT molecular complexity index is 1120. The van der Waals surface area contributed by atoms with Crippen LogP contribution in [0.25, 0.3) is 10.9 Å². The zero-order valence-electron chi connectivity index (χ0n) is 17.2. The van der Waals surface area contributed by atoms with E-state index in [1.165, 1.54) is 18.9 Å². The number of likely N-dealkylation sites (tertiary alicyclic amines) is 1. The van der Waals surface area contributed by atoms with Gasteiger partial charge in [-0.2, -0.15) is 4.98 Å². The Morgan fingerprint density at radius 1 is 1.47 bits per heavy atom. The van der Waals surface area contributed by atoms with Crippen LogP contribution in [0, 0.1) is 12.8 Å². The van der Waals surface area contributed by atoms with E-state index in [2.05, 4.69) is 39.8 Å². The van der Waals surface area contributed by atoms with Crippen molar-refractivity contribution in [3.05, 3.63) is 42.1 Å². The number of thiazole rings is 1. The van der Waals surface area contributed by atoms with E-state index in [1.54, 1.807) is 16.2 Å². The fourth-order valence-electron chi connectivity index (χ4n) is 3.90. The molecule has 0 spiro atoms. The van der Waals surface area contributed by atoms with Crippen molar-refractivity contribution < 1.29 is 9.53 Å². The zero-order valence-corrected chi connectivity index (χ0v) is 18.0. The first-order valence-corrected chi connectivity index (χ1v) is 11.0. The van der Waals surface area contributed by atoms with Crippen molar-refractivity contribution in [1.29, 1.82) is 0 Å². The second-order valence-electron chi connectivity index (χ2n) is 8.51. The molecule has 1 saturated carbocycles. The monoisotopic (exact) mass is 423 g/mol. The number of nitrogens with one attached hydrogen (secondary N) is 1. The van der Waals surface area contributed by atoms with Gasteiger partial charge in [0.05, 0.1) is 24.0 Å². The predicted octanol–water partition coefficient (Wildman–Crippen LogP) is 4.12. The highest BCUT2D eigenvalue weighted by Crippen LogP contribution is 2.37. The van der Waals surface area contributed by atoms with E-state index in [9.17, 15) is 4.79 Å². The molecule has 5 rings (SSSR count). The third kappa shape index (κ3) is 3.67. The van der Waals surface area contributed by atoms with E-state index in [0.717, 1.165) is 33.4 Å². The summed E-state index contributed by atoms with van der Waals surface area (Å²) in [4.78, 5) is 23.9. The maximum atomic E-state index is 11.8. The summed E-state index contributed by atoms with van der Waals surface area (Å²) in [5.41, 5.74) is 0.637. The Kier molecular flexibility index (Phi) is 4.54. The van der Waals surface area contributed by atoms with Gasteiger partial charge in [-0.1, -0.05) is 6.58 Å². The molecule has 1 N–H and O–H groups in total. The molecule has 0 aromatic carbocycles. The Morgan fingerprint density at radius 2 is 2.27 bits per heavy atom. The fraction of sp³-hybridized carbons (Fsp3) is 0.409. The Morgan fingerprint density at radius 3 is 2.93 bits per heavy atom. The molecule has 7 nitrogen and oxygen atoms in total. The number of aryl methyl sites for hydroxylation is 1. The molecule has 2 aliphatic rings. The van der Waals surface area contributed by atoms with Crippen molar-refractivity contribution in [3.8, 4) is 5.88 Å². The minimum atomic E-state index is -0.465. The highest BCUT2D eigenvalue weighted by molar-refractivity contribution is 7.15. The van der Waals surface area contributed by atoms with E-state index in [0.29, 0.717) is 24.8 Å². The third-order valence-corrected chi connectivity index (χ3v) is 6.45. The van der Waals surface area contributed by atoms with Crippen LogP contribution in [0.2, 0.25) is 0 Å². The van der Waals surface area contributed by atoms with Crippen LogP contribution in [0.1, 0.15) is 24.6 Å². The van der Waals surface area contributed by atoms with Crippen molar-refractivity contribution >= 4 is 39.1 Å². The summed E-state index contributed by atoms with van der Waals surface area (Å²) in [7, 11) is 0. The van der Waals surface area contributed by atoms with Crippen molar-refractivity contribution in [2.24, 2.45) is 5.92 Å². The molecule has 0 unspecified atom stereocenters. The van der Waals surface area contributed by atoms with Crippen molar-refractivity contribution in [2.45, 2.75) is 38.8 Å². The molecule has 0 atom stereocenters. The first kappa shape index (κ1) is 19.1. The molecular weight excluding hydrogens is 398 g/mol. The van der Waals surface area contributed by atoms with Gasteiger partial charge in [0.2, 0.25) is 11.8 Å². The van der Waals surface area contributed by atoms with Crippen LogP contribution in [-0.2, 0) is 11.3 Å². The Hall–Kier alpha value is -2.87. The number of nitrogens with zero attached hydrogens (tertiary/aromatic N) is 4. The average Bonchev–Trinajstić information content (AvgIpc) is 3.28. The predicted molar refractivity (Wildman–Crippen MR) is 118 cm³/mol. The minimum Gasteiger partial charge on any atom is -0.467 e. The molecule has 4 heterocycles. The smallest absolute Gasteiger partial charge is 0.246 e. The van der Waals surface area contributed by atoms with Gasteiger partial charge in [0.1, 0.15) is 11.4 Å². The number of carbonyl (C=O) groups excluding carboxylic acids is 1. The summed E-state index contributed by atoms with van der Waals surface area (Å²) in [5.74, 6) is 1.99. The van der Waals surface area contributed by atoms with Crippen molar-refractivity contribution in [2.75, 3.05) is 18.4 Å². The quantitative estimate of drug-likeness (QED) is 0.579. The third-order valence-electron chi connectivity index (χ3n) is 5.62. The van der Waals surface area contributed by atoms with Gasteiger partial charge in [0, 0.05) is 29.9 Å². The lowest BCUT2D eigenvalue weighted by Crippen LogP contribution is -2.64. The number of amides is 1. The lowest BCUT2D eigenvalue weighted by molar-refractivity contribution is -0.143. The molecule has 0 bridgehead atoms. The minimum absolute atomic E-state index is 0.0701. The maximum absolute atomic E-state index is 11.8. The molecule has 0 radical (unpaired) electrons. The number of aromatic nitrogens is 3. The standard InChI is InChI=1S/C22H25N5O2S/c1-4-19(28)27-12-22(3,13-27)29-20-16-7-8-26(11-15-5-6-15)17(16)9-18(24-20)25-21-23-10-14(2)30-21/h4,7-10,15H,1,5-6,11-13H2,2-3H3,(H,23,24,25). The van der Waals surface area contributed by atoms with Crippen molar-refractivity contribution in [1.82, 2.24) is 19.4 Å². The summed E-state index contributed by atoms with van der Waals surface area (Å²) in [6.07, 6.45) is 7.89. The van der Waals surface area contributed by atoms with Gasteiger partial charge in [-0.15, -0.1) is 11.3 Å². The number of fused-ring (bicyclic) bond motifs is 1. The zero-order chi connectivity index (χ0) is 20.9. The summed E-state index contributed by atoms with van der Waals surface area (Å²) < 4.78 is 8.67. The highest BCUT2D eigenvalue weighted by atomic mass is 32.1. The van der Waals surface area contributed by atoms with Crippen LogP contribution in [0.4, 0.5) is 10.9 Å². The number of anilines is 2. The van der Waals surface area contributed by atoms with Crippen LogP contribution >= 0.6 is 11.3 Å². The molecule has 3 aromatic rings. The van der Waals surface area contributed by atoms with Gasteiger partial charge >= 0.3 is 0 Å². The topological polar surface area (TPSA) is 72.3 Å². The summed E-state index contributed by atoms with van der Waals surface area (Å²) in [6.45, 7) is 9.66. The number of hydrogen-bond acceptors (Lipinski definition) is 6. The Labute approximate surface area is 179 Å². The van der Waals surface area contributed by atoms with Crippen LogP contribution in [0.15, 0.2) is 37.2 Å². The van der Waals surface area contributed by atoms with Crippen LogP contribution in [0.5, 0.6) is 5.88 Å². The van der Waals surface area contributed by atoms with Gasteiger partial charge in [0.25, 0.3) is 0 Å². The van der Waals surface area contributed by atoms with Gasteiger partial charge in [0.15, 0.2) is 5.13 Å². The average molecular weight is 424 g/mol. The molecule has 30 heavy (non-hydrogen) atoms. The Balaban J connectivity index is 1.47. The van der Waals surface area contributed by atoms with E-state index < -0.39 is 5.60 Å². The number of rotatable bonds is 7. The van der Waals surface area contributed by atoms with E-state index >= 15 is 0 Å². The lowest BCUT2D eigenvalue weighted by Gasteiger charge is -2.46. The van der Waals surface area contributed by atoms with E-state index in [4.69, 9.17) is 9.72 Å². The van der Waals surface area contributed by atoms with Crippen LogP contribution in [0.3, 0.4) is 0 Å². The molecule has 1 amide bonds. The summed E-state index contributed by atoms with van der Waals surface area (Å²) in [6, 6.07) is 4.14. The van der Waals surface area contributed by atoms with Gasteiger partial charge < -0.3 is 19.5 Å². The number of ether oxygens (including phenoxy) is 1. The SMILES string of the molecule is C=CC(=O)N1CC(C)(Oc2nc(Nc3ncc(C)s3)cc3c2ccn3CC2CC2)C1. The number of pyridine rings is 1. The molecule has 3 aromatic heterocycles. The van der Waals surface area contributed by atoms with Crippen LogP contribution < -0.4 is 10.1 Å². The van der Waals surface area contributed by atoms with Gasteiger partial charge in [-0.25, -0.2) is 4.98 Å². The second kappa shape index (κ2) is 7.12. The molecule has 156 valence electrons. The van der Waals surface area contributed by atoms with Crippen LogP contribution in [-0.4, -0.2) is 44.0 Å². The molecule has 1 saturated heterocycles. The van der Waals surface area contributed by atoms with Gasteiger partial charge in [-0.3, -0.25) is 4.79 Å². The molecule has 1 aliphatic heterocycles.